The van der Waals surface area contributed by atoms with E-state index in [9.17, 15) is 0 Å². The molecule has 2 aromatic carbocycles. The van der Waals surface area contributed by atoms with Crippen LogP contribution in [-0.4, -0.2) is 9.55 Å². The molecular weight excluding hydrogens is 270 g/mol. The standard InChI is InChI=1S/C16H16ClN3/c1-2-6-11-7-3-4-9-13(11)20-14-10-5-8-12(17)15(14)19-16(20)18/h3-5,7-10H,2,6H2,1H3,(H2,18,19). The number of para-hydroxylation sites is 2. The highest BCUT2D eigenvalue weighted by Gasteiger charge is 2.14. The first-order valence-corrected chi connectivity index (χ1v) is 7.11. The number of nitrogen functional groups attached to an aromatic ring is 1. The van der Waals surface area contributed by atoms with Crippen LogP contribution in [0.2, 0.25) is 5.02 Å². The van der Waals surface area contributed by atoms with E-state index < -0.39 is 0 Å². The van der Waals surface area contributed by atoms with E-state index in [1.165, 1.54) is 5.56 Å². The van der Waals surface area contributed by atoms with E-state index in [2.05, 4.69) is 30.1 Å². The van der Waals surface area contributed by atoms with Gasteiger partial charge in [0.1, 0.15) is 5.52 Å². The Labute approximate surface area is 123 Å². The number of aryl methyl sites for hydroxylation is 1. The third-order valence-corrected chi connectivity index (χ3v) is 3.72. The monoisotopic (exact) mass is 285 g/mol. The smallest absolute Gasteiger partial charge is 0.205 e. The third kappa shape index (κ3) is 2.04. The summed E-state index contributed by atoms with van der Waals surface area (Å²) < 4.78 is 1.98. The zero-order chi connectivity index (χ0) is 14.1. The lowest BCUT2D eigenvalue weighted by Gasteiger charge is -2.12. The molecule has 3 rings (SSSR count). The molecule has 0 bridgehead atoms. The van der Waals surface area contributed by atoms with Gasteiger partial charge in [0.25, 0.3) is 0 Å². The molecule has 20 heavy (non-hydrogen) atoms. The number of nitrogens with two attached hydrogens (primary N) is 1. The molecule has 0 fully saturated rings. The molecule has 0 aliphatic heterocycles. The molecule has 0 amide bonds. The van der Waals surface area contributed by atoms with Crippen molar-refractivity contribution in [3.8, 4) is 5.69 Å². The second kappa shape index (κ2) is 5.17. The number of hydrogen-bond donors (Lipinski definition) is 1. The number of nitrogens with zero attached hydrogens (tertiary/aromatic N) is 2. The summed E-state index contributed by atoms with van der Waals surface area (Å²) >= 11 is 6.20. The molecule has 0 unspecified atom stereocenters. The number of anilines is 1. The minimum absolute atomic E-state index is 0.469. The maximum absolute atomic E-state index is 6.20. The normalized spacial score (nSPS) is 11.1. The molecule has 0 aliphatic rings. The van der Waals surface area contributed by atoms with Crippen molar-refractivity contribution >= 4 is 28.6 Å². The van der Waals surface area contributed by atoms with E-state index in [0.717, 1.165) is 29.6 Å². The second-order valence-electron chi connectivity index (χ2n) is 4.79. The molecule has 0 aliphatic carbocycles. The van der Waals surface area contributed by atoms with Crippen molar-refractivity contribution in [1.82, 2.24) is 9.55 Å². The van der Waals surface area contributed by atoms with Gasteiger partial charge in [0.15, 0.2) is 0 Å². The first kappa shape index (κ1) is 13.0. The summed E-state index contributed by atoms with van der Waals surface area (Å²) in [5.74, 6) is 0.469. The predicted octanol–water partition coefficient (Wildman–Crippen LogP) is 4.21. The highest BCUT2D eigenvalue weighted by molar-refractivity contribution is 6.35. The summed E-state index contributed by atoms with van der Waals surface area (Å²) in [4.78, 5) is 4.40. The predicted molar refractivity (Wildman–Crippen MR) is 84.5 cm³/mol. The van der Waals surface area contributed by atoms with Gasteiger partial charge in [-0.1, -0.05) is 49.2 Å². The number of aromatic nitrogens is 2. The summed E-state index contributed by atoms with van der Waals surface area (Å²) in [5, 5.41) is 0.626. The number of fused-ring (bicyclic) bond motifs is 1. The molecule has 0 saturated heterocycles. The van der Waals surface area contributed by atoms with Crippen molar-refractivity contribution in [2.75, 3.05) is 5.73 Å². The second-order valence-corrected chi connectivity index (χ2v) is 5.20. The summed E-state index contributed by atoms with van der Waals surface area (Å²) in [6.45, 7) is 2.17. The minimum Gasteiger partial charge on any atom is -0.369 e. The van der Waals surface area contributed by atoms with Crippen molar-refractivity contribution in [2.45, 2.75) is 19.8 Å². The van der Waals surface area contributed by atoms with Gasteiger partial charge in [0, 0.05) is 0 Å². The van der Waals surface area contributed by atoms with Crippen LogP contribution >= 0.6 is 11.6 Å². The van der Waals surface area contributed by atoms with Crippen molar-refractivity contribution < 1.29 is 0 Å². The van der Waals surface area contributed by atoms with E-state index in [4.69, 9.17) is 17.3 Å². The molecule has 4 heteroatoms. The number of halogens is 1. The van der Waals surface area contributed by atoms with E-state index in [1.54, 1.807) is 0 Å². The van der Waals surface area contributed by atoms with Crippen molar-refractivity contribution in [3.63, 3.8) is 0 Å². The van der Waals surface area contributed by atoms with Crippen LogP contribution in [0.3, 0.4) is 0 Å². The van der Waals surface area contributed by atoms with Crippen LogP contribution < -0.4 is 5.73 Å². The highest BCUT2D eigenvalue weighted by Crippen LogP contribution is 2.29. The van der Waals surface area contributed by atoms with Crippen LogP contribution in [0.25, 0.3) is 16.7 Å². The maximum Gasteiger partial charge on any atom is 0.205 e. The maximum atomic E-state index is 6.20. The average molecular weight is 286 g/mol. The lowest BCUT2D eigenvalue weighted by atomic mass is 10.1. The van der Waals surface area contributed by atoms with E-state index in [1.807, 2.05) is 28.8 Å². The lowest BCUT2D eigenvalue weighted by Crippen LogP contribution is -2.03. The molecule has 3 nitrogen and oxygen atoms in total. The topological polar surface area (TPSA) is 43.8 Å². The quantitative estimate of drug-likeness (QED) is 0.783. The zero-order valence-corrected chi connectivity index (χ0v) is 12.1. The Morgan fingerprint density at radius 1 is 1.15 bits per heavy atom. The van der Waals surface area contributed by atoms with Gasteiger partial charge in [0.2, 0.25) is 5.95 Å². The van der Waals surface area contributed by atoms with Crippen LogP contribution in [0.5, 0.6) is 0 Å². The largest absolute Gasteiger partial charge is 0.369 e. The van der Waals surface area contributed by atoms with Gasteiger partial charge in [-0.25, -0.2) is 4.98 Å². The van der Waals surface area contributed by atoms with E-state index >= 15 is 0 Å². The summed E-state index contributed by atoms with van der Waals surface area (Å²) in [6, 6.07) is 14.0. The number of rotatable bonds is 3. The minimum atomic E-state index is 0.469. The Morgan fingerprint density at radius 3 is 2.75 bits per heavy atom. The van der Waals surface area contributed by atoms with Crippen molar-refractivity contribution in [3.05, 3.63) is 53.1 Å². The fraction of sp³-hybridized carbons (Fsp3) is 0.188. The van der Waals surface area contributed by atoms with Crippen molar-refractivity contribution in [1.29, 1.82) is 0 Å². The van der Waals surface area contributed by atoms with Gasteiger partial charge in [-0.2, -0.15) is 0 Å². The zero-order valence-electron chi connectivity index (χ0n) is 11.3. The van der Waals surface area contributed by atoms with Gasteiger partial charge in [-0.3, -0.25) is 4.57 Å². The van der Waals surface area contributed by atoms with Gasteiger partial charge < -0.3 is 5.73 Å². The Balaban J connectivity index is 2.30. The van der Waals surface area contributed by atoms with Gasteiger partial charge in [-0.15, -0.1) is 0 Å². The fourth-order valence-electron chi connectivity index (χ4n) is 2.55. The van der Waals surface area contributed by atoms with Crippen LogP contribution in [0, 0.1) is 0 Å². The first-order chi connectivity index (χ1) is 9.72. The number of benzene rings is 2. The Bertz CT molecular complexity index is 762. The van der Waals surface area contributed by atoms with E-state index in [-0.39, 0.29) is 0 Å². The number of imidazole rings is 1. The third-order valence-electron chi connectivity index (χ3n) is 3.41. The SMILES string of the molecule is CCCc1ccccc1-n1c(N)nc2c(Cl)cccc21. The molecule has 102 valence electrons. The molecule has 0 saturated carbocycles. The van der Waals surface area contributed by atoms with Crippen LogP contribution in [0.1, 0.15) is 18.9 Å². The molecule has 1 aromatic heterocycles. The number of hydrogen-bond acceptors (Lipinski definition) is 2. The van der Waals surface area contributed by atoms with Gasteiger partial charge in [0.05, 0.1) is 16.2 Å². The lowest BCUT2D eigenvalue weighted by molar-refractivity contribution is 0.905. The molecule has 2 N–H and O–H groups in total. The summed E-state index contributed by atoms with van der Waals surface area (Å²) in [6.07, 6.45) is 2.10. The molecule has 0 radical (unpaired) electrons. The van der Waals surface area contributed by atoms with Crippen LogP contribution in [0.4, 0.5) is 5.95 Å². The fourth-order valence-corrected chi connectivity index (χ4v) is 2.76. The van der Waals surface area contributed by atoms with Crippen LogP contribution in [-0.2, 0) is 6.42 Å². The molecular formula is C16H16ClN3. The summed E-state index contributed by atoms with van der Waals surface area (Å²) in [7, 11) is 0. The molecule has 0 spiro atoms. The molecule has 0 atom stereocenters. The average Bonchev–Trinajstić information content (AvgIpc) is 2.78. The Kier molecular flexibility index (Phi) is 3.36. The highest BCUT2D eigenvalue weighted by atomic mass is 35.5. The Morgan fingerprint density at radius 2 is 1.95 bits per heavy atom. The van der Waals surface area contributed by atoms with Gasteiger partial charge >= 0.3 is 0 Å². The van der Waals surface area contributed by atoms with Crippen molar-refractivity contribution in [2.24, 2.45) is 0 Å². The Hall–Kier alpha value is -2.00. The van der Waals surface area contributed by atoms with Gasteiger partial charge in [-0.05, 0) is 30.2 Å². The first-order valence-electron chi connectivity index (χ1n) is 6.73. The van der Waals surface area contributed by atoms with Crippen LogP contribution in [0.15, 0.2) is 42.5 Å². The summed E-state index contributed by atoms with van der Waals surface area (Å²) in [5.41, 5.74) is 10.1. The van der Waals surface area contributed by atoms with E-state index in [0.29, 0.717) is 11.0 Å². The molecule has 3 aromatic rings. The molecule has 1 heterocycles.